The standard InChI is InChI=1S/C10H11N3O/c1-7-9(11)10(14)13(12-7)8-5-3-2-4-6-8/h2-6,12H,11H2,1H3. The van der Waals surface area contributed by atoms with Crippen molar-refractivity contribution in [2.45, 2.75) is 6.92 Å². The summed E-state index contributed by atoms with van der Waals surface area (Å²) in [7, 11) is 0. The molecule has 0 amide bonds. The first kappa shape index (κ1) is 8.62. The van der Waals surface area contributed by atoms with Crippen molar-refractivity contribution in [2.75, 3.05) is 5.73 Å². The van der Waals surface area contributed by atoms with Gasteiger partial charge in [0.05, 0.1) is 11.4 Å². The molecule has 0 saturated heterocycles. The number of aryl methyl sites for hydroxylation is 1. The summed E-state index contributed by atoms with van der Waals surface area (Å²) in [6, 6.07) is 9.32. The maximum Gasteiger partial charge on any atom is 0.294 e. The predicted molar refractivity (Wildman–Crippen MR) is 55.5 cm³/mol. The van der Waals surface area contributed by atoms with Crippen molar-refractivity contribution >= 4 is 5.69 Å². The fourth-order valence-corrected chi connectivity index (χ4v) is 1.32. The number of aromatic nitrogens is 2. The number of benzene rings is 1. The van der Waals surface area contributed by atoms with Crippen molar-refractivity contribution in [3.63, 3.8) is 0 Å². The monoisotopic (exact) mass is 189 g/mol. The van der Waals surface area contributed by atoms with Crippen LogP contribution in [0.25, 0.3) is 5.69 Å². The van der Waals surface area contributed by atoms with Crippen LogP contribution in [0.5, 0.6) is 0 Å². The van der Waals surface area contributed by atoms with E-state index in [1.165, 1.54) is 4.68 Å². The topological polar surface area (TPSA) is 63.8 Å². The number of nitrogens with zero attached hydrogens (tertiary/aromatic N) is 1. The van der Waals surface area contributed by atoms with Gasteiger partial charge in [-0.15, -0.1) is 0 Å². The van der Waals surface area contributed by atoms with Crippen LogP contribution in [-0.2, 0) is 0 Å². The molecule has 1 aromatic carbocycles. The van der Waals surface area contributed by atoms with E-state index >= 15 is 0 Å². The zero-order valence-corrected chi connectivity index (χ0v) is 7.82. The Labute approximate surface area is 81.0 Å². The van der Waals surface area contributed by atoms with Crippen molar-refractivity contribution in [1.29, 1.82) is 0 Å². The third-order valence-electron chi connectivity index (χ3n) is 2.13. The van der Waals surface area contributed by atoms with Gasteiger partial charge >= 0.3 is 0 Å². The van der Waals surface area contributed by atoms with E-state index in [0.29, 0.717) is 5.69 Å². The number of hydrogen-bond acceptors (Lipinski definition) is 2. The molecule has 0 aliphatic carbocycles. The minimum absolute atomic E-state index is 0.200. The number of nitrogens with two attached hydrogens (primary N) is 1. The molecule has 0 fully saturated rings. The van der Waals surface area contributed by atoms with E-state index < -0.39 is 0 Å². The van der Waals surface area contributed by atoms with Gasteiger partial charge in [-0.2, -0.15) is 0 Å². The maximum atomic E-state index is 11.6. The molecule has 0 aliphatic heterocycles. The molecule has 2 rings (SSSR count). The second kappa shape index (κ2) is 3.06. The molecular weight excluding hydrogens is 178 g/mol. The molecule has 0 atom stereocenters. The third-order valence-corrected chi connectivity index (χ3v) is 2.13. The highest BCUT2D eigenvalue weighted by Crippen LogP contribution is 2.06. The molecule has 0 spiro atoms. The van der Waals surface area contributed by atoms with E-state index in [-0.39, 0.29) is 11.2 Å². The van der Waals surface area contributed by atoms with Crippen LogP contribution in [0.3, 0.4) is 0 Å². The average molecular weight is 189 g/mol. The zero-order chi connectivity index (χ0) is 10.1. The molecule has 0 radical (unpaired) electrons. The van der Waals surface area contributed by atoms with Gasteiger partial charge in [-0.25, -0.2) is 4.68 Å². The van der Waals surface area contributed by atoms with E-state index in [9.17, 15) is 4.79 Å². The molecule has 0 bridgehead atoms. The number of anilines is 1. The van der Waals surface area contributed by atoms with E-state index in [4.69, 9.17) is 5.73 Å². The van der Waals surface area contributed by atoms with Gasteiger partial charge in [0.2, 0.25) is 0 Å². The van der Waals surface area contributed by atoms with Crippen molar-refractivity contribution in [1.82, 2.24) is 9.78 Å². The highest BCUT2D eigenvalue weighted by atomic mass is 16.1. The smallest absolute Gasteiger partial charge is 0.294 e. The highest BCUT2D eigenvalue weighted by molar-refractivity contribution is 5.43. The molecule has 1 aromatic heterocycles. The molecule has 4 nitrogen and oxygen atoms in total. The molecule has 0 aliphatic rings. The summed E-state index contributed by atoms with van der Waals surface area (Å²) in [5, 5.41) is 2.91. The molecule has 1 heterocycles. The second-order valence-electron chi connectivity index (χ2n) is 3.13. The summed E-state index contributed by atoms with van der Waals surface area (Å²) in [4.78, 5) is 11.6. The second-order valence-corrected chi connectivity index (χ2v) is 3.13. The zero-order valence-electron chi connectivity index (χ0n) is 7.82. The summed E-state index contributed by atoms with van der Waals surface area (Å²) >= 11 is 0. The summed E-state index contributed by atoms with van der Waals surface area (Å²) in [5.74, 6) is 0. The minimum atomic E-state index is -0.200. The van der Waals surface area contributed by atoms with Gasteiger partial charge < -0.3 is 5.73 Å². The Morgan fingerprint density at radius 2 is 1.93 bits per heavy atom. The lowest BCUT2D eigenvalue weighted by Gasteiger charge is -1.99. The molecule has 3 N–H and O–H groups in total. The Hall–Kier alpha value is -1.97. The number of nitrogen functional groups attached to an aromatic ring is 1. The lowest BCUT2D eigenvalue weighted by molar-refractivity contribution is 0.835. The normalized spacial score (nSPS) is 10.4. The molecule has 2 aromatic rings. The van der Waals surface area contributed by atoms with Crippen molar-refractivity contribution in [3.05, 3.63) is 46.4 Å². The molecule has 14 heavy (non-hydrogen) atoms. The van der Waals surface area contributed by atoms with E-state index in [1.54, 1.807) is 6.92 Å². The Balaban J connectivity index is 2.64. The van der Waals surface area contributed by atoms with Gasteiger partial charge in [0.15, 0.2) is 0 Å². The lowest BCUT2D eigenvalue weighted by Crippen LogP contribution is -2.16. The first-order valence-electron chi connectivity index (χ1n) is 4.32. The Kier molecular flexibility index (Phi) is 1.89. The molecule has 72 valence electrons. The Bertz CT molecular complexity index is 496. The fourth-order valence-electron chi connectivity index (χ4n) is 1.32. The van der Waals surface area contributed by atoms with Crippen LogP contribution in [0.4, 0.5) is 5.69 Å². The van der Waals surface area contributed by atoms with Gasteiger partial charge in [0, 0.05) is 0 Å². The first-order valence-corrected chi connectivity index (χ1v) is 4.32. The Morgan fingerprint density at radius 3 is 2.43 bits per heavy atom. The summed E-state index contributed by atoms with van der Waals surface area (Å²) < 4.78 is 1.44. The average Bonchev–Trinajstić information content (AvgIpc) is 2.47. The van der Waals surface area contributed by atoms with Crippen LogP contribution in [-0.4, -0.2) is 9.78 Å². The number of aromatic amines is 1. The first-order chi connectivity index (χ1) is 6.70. The quantitative estimate of drug-likeness (QED) is 0.704. The molecular formula is C10H11N3O. The van der Waals surface area contributed by atoms with Crippen LogP contribution in [0.15, 0.2) is 35.1 Å². The van der Waals surface area contributed by atoms with Gasteiger partial charge in [0.1, 0.15) is 5.69 Å². The minimum Gasteiger partial charge on any atom is -0.393 e. The van der Waals surface area contributed by atoms with Gasteiger partial charge in [-0.05, 0) is 19.1 Å². The lowest BCUT2D eigenvalue weighted by atomic mass is 10.3. The van der Waals surface area contributed by atoms with Crippen molar-refractivity contribution < 1.29 is 0 Å². The molecule has 0 saturated carbocycles. The van der Waals surface area contributed by atoms with E-state index in [0.717, 1.165) is 5.69 Å². The van der Waals surface area contributed by atoms with E-state index in [2.05, 4.69) is 5.10 Å². The van der Waals surface area contributed by atoms with Crippen molar-refractivity contribution in [2.24, 2.45) is 0 Å². The van der Waals surface area contributed by atoms with Crippen molar-refractivity contribution in [3.8, 4) is 5.69 Å². The van der Waals surface area contributed by atoms with Gasteiger partial charge in [-0.1, -0.05) is 18.2 Å². The summed E-state index contributed by atoms with van der Waals surface area (Å²) in [6.07, 6.45) is 0. The van der Waals surface area contributed by atoms with E-state index in [1.807, 2.05) is 30.3 Å². The van der Waals surface area contributed by atoms with Gasteiger partial charge in [0.25, 0.3) is 5.56 Å². The number of H-pyrrole nitrogens is 1. The van der Waals surface area contributed by atoms with Crippen LogP contribution in [0.2, 0.25) is 0 Å². The van der Waals surface area contributed by atoms with Crippen LogP contribution in [0.1, 0.15) is 5.69 Å². The SMILES string of the molecule is Cc1[nH]n(-c2ccccc2)c(=O)c1N. The van der Waals surface area contributed by atoms with Crippen LogP contribution in [0, 0.1) is 6.92 Å². The molecule has 4 heteroatoms. The van der Waals surface area contributed by atoms with Crippen LogP contribution < -0.4 is 11.3 Å². The predicted octanol–water partition coefficient (Wildman–Crippen LogP) is 1.06. The largest absolute Gasteiger partial charge is 0.393 e. The number of para-hydroxylation sites is 1. The molecule has 0 unspecified atom stereocenters. The summed E-state index contributed by atoms with van der Waals surface area (Å²) in [5.41, 5.74) is 7.13. The highest BCUT2D eigenvalue weighted by Gasteiger charge is 2.07. The Morgan fingerprint density at radius 1 is 1.29 bits per heavy atom. The van der Waals surface area contributed by atoms with Crippen LogP contribution >= 0.6 is 0 Å². The number of nitrogens with one attached hydrogen (secondary N) is 1. The third kappa shape index (κ3) is 1.21. The van der Waals surface area contributed by atoms with Gasteiger partial charge in [-0.3, -0.25) is 9.89 Å². The maximum absolute atomic E-state index is 11.6. The number of rotatable bonds is 1. The fraction of sp³-hybridized carbons (Fsp3) is 0.100. The summed E-state index contributed by atoms with van der Waals surface area (Å²) in [6.45, 7) is 1.77. The number of hydrogen-bond donors (Lipinski definition) is 2.